The highest BCUT2D eigenvalue weighted by atomic mass is 79.9. The van der Waals surface area contributed by atoms with Gasteiger partial charge in [-0.1, -0.05) is 0 Å². The average molecular weight is 330 g/mol. The maximum atomic E-state index is 11.3. The van der Waals surface area contributed by atoms with Crippen LogP contribution in [0, 0.1) is 6.92 Å². The topological polar surface area (TPSA) is 62.7 Å². The van der Waals surface area contributed by atoms with Crippen molar-refractivity contribution in [3.8, 4) is 0 Å². The molecule has 1 aliphatic rings. The number of rotatable bonds is 1. The van der Waals surface area contributed by atoms with E-state index in [1.54, 1.807) is 6.92 Å². The molecular formula is C11H12BrN3O2S. The van der Waals surface area contributed by atoms with Crippen molar-refractivity contribution < 1.29 is 9.53 Å². The molecule has 0 radical (unpaired) electrons. The van der Waals surface area contributed by atoms with E-state index >= 15 is 0 Å². The number of carbonyl (C=O) groups is 1. The molecule has 0 fully saturated rings. The Morgan fingerprint density at radius 3 is 3.11 bits per heavy atom. The van der Waals surface area contributed by atoms with Crippen LogP contribution in [0.3, 0.4) is 0 Å². The summed E-state index contributed by atoms with van der Waals surface area (Å²) in [4.78, 5) is 15.7. The second-order valence-electron chi connectivity index (χ2n) is 3.61. The fraction of sp³-hybridized carbons (Fsp3) is 0.273. The second kappa shape index (κ2) is 5.62. The van der Waals surface area contributed by atoms with Crippen LogP contribution in [0.25, 0.3) is 0 Å². The zero-order valence-electron chi connectivity index (χ0n) is 9.91. The third-order valence-electron chi connectivity index (χ3n) is 2.16. The zero-order chi connectivity index (χ0) is 13.1. The van der Waals surface area contributed by atoms with Gasteiger partial charge >= 0.3 is 6.09 Å². The minimum atomic E-state index is -0.503. The molecule has 1 aliphatic heterocycles. The number of hydrogen-bond acceptors (Lipinski definition) is 5. The summed E-state index contributed by atoms with van der Waals surface area (Å²) in [6.45, 7) is 4.09. The standard InChI is InChI=1S/C11H12BrN3O2S/c1-3-17-11(16)14-10-13-9-7(12)4-6(2)5-8(9)15-18-10/h4-5,15H,3H2,1-2H3,(H,13,14,16). The Balaban J connectivity index is 2.22. The number of carbonyl (C=O) groups excluding carboxylic acids is 1. The number of aryl methyl sites for hydroxylation is 1. The molecule has 1 aromatic rings. The number of benzene rings is 1. The Kier molecular flexibility index (Phi) is 4.13. The number of amides is 1. The molecule has 0 saturated carbocycles. The van der Waals surface area contributed by atoms with Crippen LogP contribution in [0.1, 0.15) is 12.5 Å². The third-order valence-corrected chi connectivity index (χ3v) is 3.48. The predicted molar refractivity (Wildman–Crippen MR) is 77.3 cm³/mol. The van der Waals surface area contributed by atoms with Gasteiger partial charge in [0.2, 0.25) is 0 Å². The van der Waals surface area contributed by atoms with E-state index in [1.807, 2.05) is 19.1 Å². The van der Waals surface area contributed by atoms with Crippen LogP contribution >= 0.6 is 27.9 Å². The molecule has 0 atom stereocenters. The summed E-state index contributed by atoms with van der Waals surface area (Å²) < 4.78 is 8.81. The van der Waals surface area contributed by atoms with Gasteiger partial charge in [0.05, 0.1) is 12.3 Å². The summed E-state index contributed by atoms with van der Waals surface area (Å²) in [6.07, 6.45) is -0.503. The highest BCUT2D eigenvalue weighted by molar-refractivity contribution is 9.10. The molecule has 1 amide bonds. The number of hydrogen-bond donors (Lipinski definition) is 2. The molecule has 0 aliphatic carbocycles. The van der Waals surface area contributed by atoms with Crippen molar-refractivity contribution in [2.75, 3.05) is 11.3 Å². The summed E-state index contributed by atoms with van der Waals surface area (Å²) in [6, 6.07) is 3.97. The van der Waals surface area contributed by atoms with E-state index in [2.05, 4.69) is 31.0 Å². The number of halogens is 1. The summed E-state index contributed by atoms with van der Waals surface area (Å²) in [5.41, 5.74) is 2.82. The molecule has 96 valence electrons. The van der Waals surface area contributed by atoms with Crippen LogP contribution in [-0.4, -0.2) is 17.9 Å². The molecule has 2 rings (SSSR count). The minimum absolute atomic E-state index is 0.330. The molecule has 5 nitrogen and oxygen atoms in total. The number of aliphatic imine (C=N–C) groups is 1. The van der Waals surface area contributed by atoms with E-state index in [1.165, 1.54) is 11.9 Å². The van der Waals surface area contributed by atoms with Gasteiger partial charge in [-0.3, -0.25) is 5.32 Å². The largest absolute Gasteiger partial charge is 0.450 e. The van der Waals surface area contributed by atoms with Gasteiger partial charge in [-0.15, -0.1) is 0 Å². The number of amidine groups is 1. The molecule has 0 saturated heterocycles. The van der Waals surface area contributed by atoms with Gasteiger partial charge < -0.3 is 9.46 Å². The Hall–Kier alpha value is -1.21. The van der Waals surface area contributed by atoms with Gasteiger partial charge in [0.1, 0.15) is 5.69 Å². The summed E-state index contributed by atoms with van der Waals surface area (Å²) in [5, 5.41) is 3.03. The van der Waals surface area contributed by atoms with Crippen molar-refractivity contribution in [1.29, 1.82) is 0 Å². The Labute approximate surface area is 118 Å². The number of alkyl carbamates (subject to hydrolysis) is 1. The van der Waals surface area contributed by atoms with Crippen LogP contribution in [0.2, 0.25) is 0 Å². The van der Waals surface area contributed by atoms with E-state index in [0.717, 1.165) is 21.4 Å². The summed E-state index contributed by atoms with van der Waals surface area (Å²) in [5.74, 6) is 0. The first kappa shape index (κ1) is 13.2. The predicted octanol–water partition coefficient (Wildman–Crippen LogP) is 3.56. The number of nitrogens with one attached hydrogen (secondary N) is 2. The molecule has 1 heterocycles. The monoisotopic (exact) mass is 329 g/mol. The molecule has 0 unspecified atom stereocenters. The normalized spacial score (nSPS) is 13.2. The Morgan fingerprint density at radius 1 is 1.61 bits per heavy atom. The lowest BCUT2D eigenvalue weighted by Gasteiger charge is -2.18. The van der Waals surface area contributed by atoms with Crippen LogP contribution < -0.4 is 10.0 Å². The smallest absolute Gasteiger partial charge is 0.413 e. The summed E-state index contributed by atoms with van der Waals surface area (Å²) in [7, 11) is 0. The molecule has 18 heavy (non-hydrogen) atoms. The minimum Gasteiger partial charge on any atom is -0.450 e. The number of nitrogens with zero attached hydrogens (tertiary/aromatic N) is 1. The molecule has 2 N–H and O–H groups in total. The molecule has 1 aromatic carbocycles. The molecule has 0 aromatic heterocycles. The van der Waals surface area contributed by atoms with Crippen LogP contribution in [0.5, 0.6) is 0 Å². The van der Waals surface area contributed by atoms with Gasteiger partial charge in [0, 0.05) is 16.4 Å². The van der Waals surface area contributed by atoms with Gasteiger partial charge in [-0.2, -0.15) is 0 Å². The second-order valence-corrected chi connectivity index (χ2v) is 5.26. The highest BCUT2D eigenvalue weighted by Gasteiger charge is 2.17. The van der Waals surface area contributed by atoms with Crippen LogP contribution in [0.4, 0.5) is 16.2 Å². The van der Waals surface area contributed by atoms with Gasteiger partial charge in [-0.05, 0) is 47.5 Å². The van der Waals surface area contributed by atoms with E-state index in [4.69, 9.17) is 4.74 Å². The van der Waals surface area contributed by atoms with E-state index in [-0.39, 0.29) is 0 Å². The van der Waals surface area contributed by atoms with Crippen molar-refractivity contribution in [1.82, 2.24) is 5.32 Å². The lowest BCUT2D eigenvalue weighted by atomic mass is 10.2. The van der Waals surface area contributed by atoms with Crippen molar-refractivity contribution in [3.63, 3.8) is 0 Å². The van der Waals surface area contributed by atoms with Crippen LogP contribution in [0.15, 0.2) is 21.6 Å². The van der Waals surface area contributed by atoms with Crippen LogP contribution in [-0.2, 0) is 4.74 Å². The van der Waals surface area contributed by atoms with Gasteiger partial charge in [0.15, 0.2) is 5.17 Å². The van der Waals surface area contributed by atoms with Gasteiger partial charge in [0.25, 0.3) is 0 Å². The SMILES string of the molecule is CCOC(=O)NC1=Nc2c(Br)cc(C)cc2NS1. The fourth-order valence-electron chi connectivity index (χ4n) is 1.46. The van der Waals surface area contributed by atoms with E-state index in [9.17, 15) is 4.79 Å². The maximum Gasteiger partial charge on any atom is 0.413 e. The Morgan fingerprint density at radius 2 is 2.39 bits per heavy atom. The number of anilines is 1. The average Bonchev–Trinajstić information content (AvgIpc) is 2.30. The zero-order valence-corrected chi connectivity index (χ0v) is 12.3. The third kappa shape index (κ3) is 2.97. The fourth-order valence-corrected chi connectivity index (χ4v) is 2.76. The number of fused-ring (bicyclic) bond motifs is 1. The molecule has 7 heteroatoms. The van der Waals surface area contributed by atoms with Crippen molar-refractivity contribution >= 4 is 50.5 Å². The lowest BCUT2D eigenvalue weighted by Crippen LogP contribution is -2.30. The van der Waals surface area contributed by atoms with Crippen molar-refractivity contribution in [3.05, 3.63) is 22.2 Å². The van der Waals surface area contributed by atoms with E-state index < -0.39 is 6.09 Å². The highest BCUT2D eigenvalue weighted by Crippen LogP contribution is 2.39. The maximum absolute atomic E-state index is 11.3. The molecule has 0 bridgehead atoms. The molecule has 0 spiro atoms. The quantitative estimate of drug-likeness (QED) is 0.773. The first-order chi connectivity index (χ1) is 8.60. The Bertz CT molecular complexity index is 519. The van der Waals surface area contributed by atoms with E-state index in [0.29, 0.717) is 11.8 Å². The van der Waals surface area contributed by atoms with Crippen molar-refractivity contribution in [2.24, 2.45) is 4.99 Å². The lowest BCUT2D eigenvalue weighted by molar-refractivity contribution is 0.158. The van der Waals surface area contributed by atoms with Gasteiger partial charge in [-0.25, -0.2) is 9.79 Å². The number of ether oxygens (including phenoxy) is 1. The first-order valence-electron chi connectivity index (χ1n) is 5.35. The first-order valence-corrected chi connectivity index (χ1v) is 6.96. The molecular weight excluding hydrogens is 318 g/mol. The summed E-state index contributed by atoms with van der Waals surface area (Å²) >= 11 is 4.70. The van der Waals surface area contributed by atoms with Crippen molar-refractivity contribution in [2.45, 2.75) is 13.8 Å².